The minimum Gasteiger partial charge on any atom is -0.390 e. The fourth-order valence-corrected chi connectivity index (χ4v) is 21.9. The number of hydrogen-bond donors (Lipinski definition) is 4. The van der Waals surface area contributed by atoms with Gasteiger partial charge in [0.15, 0.2) is 0 Å². The Kier molecular flexibility index (Phi) is 18.6. The summed E-state index contributed by atoms with van der Waals surface area (Å²) >= 11 is 0. The average molecular weight is 1010 g/mol. The molecule has 10 aliphatic rings. The normalized spacial score (nSPS) is 51.4. The molecule has 0 radical (unpaired) electrons. The maximum absolute atomic E-state index is 11.3. The van der Waals surface area contributed by atoms with E-state index in [-0.39, 0.29) is 14.9 Å². The van der Waals surface area contributed by atoms with E-state index < -0.39 is 22.4 Å². The first-order valence-electron chi connectivity index (χ1n) is 30.9. The summed E-state index contributed by atoms with van der Waals surface area (Å²) in [4.78, 5) is 0. The molecular weight excluding hydrogens is 889 g/mol. The van der Waals surface area contributed by atoms with Crippen molar-refractivity contribution in [3.8, 4) is 0 Å². The van der Waals surface area contributed by atoms with E-state index in [0.717, 1.165) is 174 Å². The minimum absolute atomic E-state index is 0. The van der Waals surface area contributed by atoms with E-state index in [1.165, 1.54) is 103 Å². The molecule has 10 rings (SSSR count). The van der Waals surface area contributed by atoms with E-state index in [4.69, 9.17) is 9.47 Å². The molecule has 10 fully saturated rings. The Morgan fingerprint density at radius 1 is 0.403 bits per heavy atom. The molecule has 0 bridgehead atoms. The predicted molar refractivity (Wildman–Crippen MR) is 300 cm³/mol. The molecule has 0 spiro atoms. The van der Waals surface area contributed by atoms with Crippen molar-refractivity contribution in [1.82, 2.24) is 0 Å². The third-order valence-corrected chi connectivity index (χ3v) is 26.4. The molecule has 0 saturated heterocycles. The zero-order chi connectivity index (χ0) is 50.1. The van der Waals surface area contributed by atoms with Gasteiger partial charge in [0.1, 0.15) is 0 Å². The van der Waals surface area contributed by atoms with Gasteiger partial charge in [-0.2, -0.15) is 0 Å². The first-order valence-corrected chi connectivity index (χ1v) is 30.9. The third kappa shape index (κ3) is 11.4. The second-order valence-electron chi connectivity index (χ2n) is 30.5. The van der Waals surface area contributed by atoms with Gasteiger partial charge in [-0.25, -0.2) is 0 Å². The Labute approximate surface area is 445 Å². The molecule has 0 aromatic rings. The molecule has 72 heavy (non-hydrogen) atoms. The summed E-state index contributed by atoms with van der Waals surface area (Å²) in [6.07, 6.45) is 36.2. The fraction of sp³-hybridized carbons (Fsp3) is 1.00. The lowest BCUT2D eigenvalue weighted by Gasteiger charge is -2.62. The predicted octanol–water partition coefficient (Wildman–Crippen LogP) is 16.0. The van der Waals surface area contributed by atoms with E-state index >= 15 is 0 Å². The van der Waals surface area contributed by atoms with Gasteiger partial charge < -0.3 is 29.9 Å². The van der Waals surface area contributed by atoms with Crippen LogP contribution in [0.2, 0.25) is 0 Å². The smallest absolute Gasteiger partial charge is 0.0648 e. The zero-order valence-corrected chi connectivity index (χ0v) is 47.3. The van der Waals surface area contributed by atoms with Crippen LogP contribution < -0.4 is 0 Å². The monoisotopic (exact) mass is 1010 g/mol. The highest BCUT2D eigenvalue weighted by Crippen LogP contribution is 2.71. The maximum atomic E-state index is 11.3. The summed E-state index contributed by atoms with van der Waals surface area (Å²) in [5, 5.41) is 44.2. The molecular formula is C66H120O6. The van der Waals surface area contributed by atoms with Crippen molar-refractivity contribution in [3.63, 3.8) is 0 Å². The van der Waals surface area contributed by atoms with Crippen LogP contribution in [0.1, 0.15) is 263 Å². The summed E-state index contributed by atoms with van der Waals surface area (Å²) in [7, 11) is 3.61. The van der Waals surface area contributed by atoms with Crippen LogP contribution in [0.4, 0.5) is 0 Å². The Morgan fingerprint density at radius 3 is 1.10 bits per heavy atom. The Hall–Kier alpha value is -0.240. The summed E-state index contributed by atoms with van der Waals surface area (Å²) in [5.41, 5.74) is 0.213. The molecule has 0 aromatic heterocycles. The Morgan fingerprint density at radius 2 is 0.750 bits per heavy atom. The van der Waals surface area contributed by atoms with Crippen molar-refractivity contribution in [2.75, 3.05) is 27.4 Å². The molecule has 18 atom stereocenters. The standard InChI is InChI=1S/2C32H56O3.2CH4/c2*1-22(10-15-32(34)16-11-23(12-17-32)21-35-5)26-8-9-27-25-7-6-24-20-29(2,33)18-19-30(24,3)28(25)13-14-31(26,27)4;;/h2*22-28,33-34H,6-21H2,1-5H3;2*1H4/t2*22-,23?,24+,25+,26-,27+,28+,29+,30+,31-,32?;;/m11../s1. The van der Waals surface area contributed by atoms with Gasteiger partial charge in [0.05, 0.1) is 22.4 Å². The zero-order valence-electron chi connectivity index (χ0n) is 47.3. The third-order valence-electron chi connectivity index (χ3n) is 26.4. The highest BCUT2D eigenvalue weighted by Gasteiger charge is 2.63. The SMILES string of the molecule is C.C.COCC1CCC(O)(CC[C@@H](C)[C@H]2CC[C@H]3[C@@H]4CC[C@H]5C[C@@](C)(O)CC[C@]5(C)[C@H]4CC[C@]23C)CC1.COCC1CCC(O)(CC[C@@H](C)[C@H]2CC[C@H]3[C@@H]4CC[C@H]5C[C@@](C)(O)CC[C@]5(C)[C@H]4CC[C@]23C)CC1. The minimum atomic E-state index is -0.429. The molecule has 10 saturated carbocycles. The molecule has 0 aliphatic heterocycles. The largest absolute Gasteiger partial charge is 0.390 e. The van der Waals surface area contributed by atoms with Crippen LogP contribution in [0.5, 0.6) is 0 Å². The Bertz CT molecular complexity index is 1600. The second kappa shape index (κ2) is 22.5. The summed E-state index contributed by atoms with van der Waals surface area (Å²) in [5.74, 6) is 11.3. The van der Waals surface area contributed by atoms with E-state index in [9.17, 15) is 20.4 Å². The van der Waals surface area contributed by atoms with Gasteiger partial charge >= 0.3 is 0 Å². The van der Waals surface area contributed by atoms with Crippen molar-refractivity contribution >= 4 is 0 Å². The second-order valence-corrected chi connectivity index (χ2v) is 30.5. The molecule has 10 aliphatic carbocycles. The van der Waals surface area contributed by atoms with Gasteiger partial charge in [-0.1, -0.05) is 56.4 Å². The Balaban J connectivity index is 0.000000206. The molecule has 0 unspecified atom stereocenters. The van der Waals surface area contributed by atoms with Gasteiger partial charge in [0, 0.05) is 27.4 Å². The van der Waals surface area contributed by atoms with E-state index in [1.54, 1.807) is 14.2 Å². The van der Waals surface area contributed by atoms with Gasteiger partial charge in [-0.15, -0.1) is 0 Å². The first-order chi connectivity index (χ1) is 33.0. The van der Waals surface area contributed by atoms with Gasteiger partial charge in [-0.05, 0) is 311 Å². The van der Waals surface area contributed by atoms with Crippen LogP contribution in [0.15, 0.2) is 0 Å². The summed E-state index contributed by atoms with van der Waals surface area (Å²) in [6.45, 7) is 21.5. The quantitative estimate of drug-likeness (QED) is 0.155. The molecule has 0 aromatic carbocycles. The number of ether oxygens (including phenoxy) is 2. The van der Waals surface area contributed by atoms with Gasteiger partial charge in [0.2, 0.25) is 0 Å². The lowest BCUT2D eigenvalue weighted by atomic mass is 9.43. The van der Waals surface area contributed by atoms with Crippen molar-refractivity contribution in [1.29, 1.82) is 0 Å². The van der Waals surface area contributed by atoms with Crippen LogP contribution in [0, 0.1) is 105 Å². The molecule has 420 valence electrons. The van der Waals surface area contributed by atoms with Crippen LogP contribution in [-0.4, -0.2) is 70.3 Å². The van der Waals surface area contributed by atoms with E-state index in [0.29, 0.717) is 33.5 Å². The van der Waals surface area contributed by atoms with Crippen LogP contribution in [-0.2, 0) is 9.47 Å². The van der Waals surface area contributed by atoms with Gasteiger partial charge in [0.25, 0.3) is 0 Å². The fourth-order valence-electron chi connectivity index (χ4n) is 21.9. The molecule has 0 amide bonds. The topological polar surface area (TPSA) is 99.4 Å². The van der Waals surface area contributed by atoms with Crippen molar-refractivity contribution < 1.29 is 29.9 Å². The molecule has 0 heterocycles. The lowest BCUT2D eigenvalue weighted by Crippen LogP contribution is -2.55. The van der Waals surface area contributed by atoms with Crippen LogP contribution in [0.3, 0.4) is 0 Å². The van der Waals surface area contributed by atoms with E-state index in [1.807, 2.05) is 0 Å². The first kappa shape index (κ1) is 59.4. The summed E-state index contributed by atoms with van der Waals surface area (Å²) in [6, 6.07) is 0. The number of methoxy groups -OCH3 is 2. The summed E-state index contributed by atoms with van der Waals surface area (Å²) < 4.78 is 10.7. The van der Waals surface area contributed by atoms with Gasteiger partial charge in [-0.3, -0.25) is 0 Å². The van der Waals surface area contributed by atoms with Crippen LogP contribution >= 0.6 is 0 Å². The highest BCUT2D eigenvalue weighted by atomic mass is 16.5. The molecule has 6 heteroatoms. The lowest BCUT2D eigenvalue weighted by molar-refractivity contribution is -0.148. The molecule has 6 nitrogen and oxygen atoms in total. The number of fused-ring (bicyclic) bond motifs is 10. The molecule has 4 N–H and O–H groups in total. The highest BCUT2D eigenvalue weighted by molar-refractivity contribution is 5.13. The maximum Gasteiger partial charge on any atom is 0.0648 e. The van der Waals surface area contributed by atoms with Crippen molar-refractivity contribution in [3.05, 3.63) is 0 Å². The van der Waals surface area contributed by atoms with E-state index in [2.05, 4.69) is 55.4 Å². The van der Waals surface area contributed by atoms with Crippen molar-refractivity contribution in [2.45, 2.75) is 285 Å². The number of aliphatic hydroxyl groups is 4. The number of hydrogen-bond acceptors (Lipinski definition) is 6. The number of rotatable bonds is 12. The van der Waals surface area contributed by atoms with Crippen molar-refractivity contribution in [2.24, 2.45) is 105 Å². The van der Waals surface area contributed by atoms with Crippen LogP contribution in [0.25, 0.3) is 0 Å². The average Bonchev–Trinajstić information content (AvgIpc) is 3.87.